The second-order valence-corrected chi connectivity index (χ2v) is 6.05. The number of hydrazine groups is 1. The van der Waals surface area contributed by atoms with Crippen molar-refractivity contribution >= 4 is 5.91 Å². The molecule has 1 rings (SSSR count). The van der Waals surface area contributed by atoms with Crippen LogP contribution in [0.25, 0.3) is 0 Å². The molecule has 0 bridgehead atoms. The molecule has 0 aromatic heterocycles. The molecule has 7 nitrogen and oxygen atoms in total. The third kappa shape index (κ3) is 2.40. The van der Waals surface area contributed by atoms with E-state index < -0.39 is 22.8 Å². The Morgan fingerprint density at radius 1 is 1.09 bits per heavy atom. The van der Waals surface area contributed by atoms with Gasteiger partial charge in [0.2, 0.25) is 5.91 Å². The molecule has 1 aliphatic carbocycles. The fourth-order valence-corrected chi connectivity index (χ4v) is 3.40. The molecule has 1 aliphatic rings. The van der Waals surface area contributed by atoms with Gasteiger partial charge in [-0.1, -0.05) is 13.8 Å². The fraction of sp³-hybridized carbons (Fsp3) is 0.688. The van der Waals surface area contributed by atoms with Crippen LogP contribution in [0.5, 0.6) is 0 Å². The predicted octanol–water partition coefficient (Wildman–Crippen LogP) is 1.57. The van der Waals surface area contributed by atoms with Gasteiger partial charge in [-0.25, -0.2) is 5.01 Å². The van der Waals surface area contributed by atoms with Gasteiger partial charge in [0.15, 0.2) is 10.8 Å². The van der Waals surface area contributed by atoms with Gasteiger partial charge in [0.25, 0.3) is 0 Å². The first kappa shape index (κ1) is 18.4. The Labute approximate surface area is 136 Å². The molecule has 0 aliphatic heterocycles. The quantitative estimate of drug-likeness (QED) is 0.727. The minimum atomic E-state index is -1.89. The molecule has 0 unspecified atom stereocenters. The van der Waals surface area contributed by atoms with Crippen molar-refractivity contribution in [2.75, 3.05) is 14.1 Å². The van der Waals surface area contributed by atoms with Gasteiger partial charge in [0.1, 0.15) is 0 Å². The van der Waals surface area contributed by atoms with Gasteiger partial charge in [-0.3, -0.25) is 9.80 Å². The molecular weight excluding hydrogens is 292 g/mol. The number of nitriles is 4. The number of hydrogen-bond acceptors (Lipinski definition) is 6. The Kier molecular flexibility index (Phi) is 5.34. The molecule has 120 valence electrons. The predicted molar refractivity (Wildman–Crippen MR) is 80.3 cm³/mol. The monoisotopic (exact) mass is 312 g/mol. The number of carbonyl (C=O) groups is 1. The topological polar surface area (TPSA) is 119 Å². The lowest BCUT2D eigenvalue weighted by Gasteiger charge is -2.39. The van der Waals surface area contributed by atoms with Crippen molar-refractivity contribution in [2.24, 2.45) is 16.7 Å². The highest BCUT2D eigenvalue weighted by Crippen LogP contribution is 2.57. The number of carbonyl (C=O) groups excluding carboxylic acids is 1. The summed E-state index contributed by atoms with van der Waals surface area (Å²) in [5, 5.41) is 41.5. The van der Waals surface area contributed by atoms with Crippen LogP contribution in [0.1, 0.15) is 33.1 Å². The molecular formula is C16H20N6O. The van der Waals surface area contributed by atoms with Crippen molar-refractivity contribution in [3.8, 4) is 24.3 Å². The molecule has 0 N–H and O–H groups in total. The smallest absolute Gasteiger partial charge is 0.237 e. The molecule has 1 amide bonds. The summed E-state index contributed by atoms with van der Waals surface area (Å²) in [6.07, 6.45) is 1.14. The average molecular weight is 312 g/mol. The fourth-order valence-electron chi connectivity index (χ4n) is 3.40. The van der Waals surface area contributed by atoms with E-state index in [4.69, 9.17) is 0 Å². The van der Waals surface area contributed by atoms with Crippen molar-refractivity contribution in [1.29, 1.82) is 21.0 Å². The van der Waals surface area contributed by atoms with Crippen LogP contribution in [0.3, 0.4) is 0 Å². The second kappa shape index (κ2) is 6.66. The standard InChI is InChI=1S/C16H20N6O/c1-5-6-14(23)22(21(3)4)13-7-12(2)15(8-17,9-18)16(13,10-19)11-20/h12-13H,5-7H2,1-4H3/t12-,13+/m1/s1. The summed E-state index contributed by atoms with van der Waals surface area (Å²) >= 11 is 0. The normalized spacial score (nSPS) is 24.0. The summed E-state index contributed by atoms with van der Waals surface area (Å²) < 4.78 is 0. The van der Waals surface area contributed by atoms with Gasteiger partial charge in [0.05, 0.1) is 30.3 Å². The zero-order chi connectivity index (χ0) is 17.8. The molecule has 0 aromatic rings. The first-order chi connectivity index (χ1) is 10.8. The summed E-state index contributed by atoms with van der Waals surface area (Å²) in [5.41, 5.74) is -3.65. The Morgan fingerprint density at radius 3 is 1.91 bits per heavy atom. The van der Waals surface area contributed by atoms with E-state index in [-0.39, 0.29) is 18.7 Å². The summed E-state index contributed by atoms with van der Waals surface area (Å²) in [5.74, 6) is -0.727. The van der Waals surface area contributed by atoms with E-state index in [2.05, 4.69) is 0 Å². The molecule has 2 atom stereocenters. The first-order valence-electron chi connectivity index (χ1n) is 7.46. The summed E-state index contributed by atoms with van der Waals surface area (Å²) in [4.78, 5) is 12.5. The minimum absolute atomic E-state index is 0.226. The maximum Gasteiger partial charge on any atom is 0.237 e. The van der Waals surface area contributed by atoms with Crippen molar-refractivity contribution in [3.63, 3.8) is 0 Å². The van der Waals surface area contributed by atoms with Gasteiger partial charge in [-0.2, -0.15) is 21.0 Å². The van der Waals surface area contributed by atoms with E-state index in [9.17, 15) is 25.8 Å². The molecule has 1 saturated carbocycles. The van der Waals surface area contributed by atoms with Gasteiger partial charge >= 0.3 is 0 Å². The summed E-state index contributed by atoms with van der Waals surface area (Å²) in [7, 11) is 3.30. The highest BCUT2D eigenvalue weighted by atomic mass is 16.2. The Balaban J connectivity index is 3.57. The van der Waals surface area contributed by atoms with Crippen LogP contribution >= 0.6 is 0 Å². The molecule has 1 fully saturated rings. The maximum atomic E-state index is 12.5. The zero-order valence-electron chi connectivity index (χ0n) is 13.9. The Bertz CT molecular complexity index is 613. The molecule has 0 radical (unpaired) electrons. The van der Waals surface area contributed by atoms with Crippen LogP contribution < -0.4 is 0 Å². The van der Waals surface area contributed by atoms with Crippen molar-refractivity contribution in [3.05, 3.63) is 0 Å². The Morgan fingerprint density at radius 2 is 1.57 bits per heavy atom. The third-order valence-electron chi connectivity index (χ3n) is 4.59. The van der Waals surface area contributed by atoms with E-state index >= 15 is 0 Å². The molecule has 0 saturated heterocycles. The van der Waals surface area contributed by atoms with Crippen LogP contribution in [-0.4, -0.2) is 36.1 Å². The first-order valence-corrected chi connectivity index (χ1v) is 7.46. The Hall–Kier alpha value is -2.61. The van der Waals surface area contributed by atoms with Gasteiger partial charge in [-0.05, 0) is 18.8 Å². The van der Waals surface area contributed by atoms with Gasteiger partial charge in [0, 0.05) is 20.5 Å². The van der Waals surface area contributed by atoms with Crippen LogP contribution in [-0.2, 0) is 4.79 Å². The minimum Gasteiger partial charge on any atom is -0.273 e. The molecule has 23 heavy (non-hydrogen) atoms. The van der Waals surface area contributed by atoms with Crippen molar-refractivity contribution < 1.29 is 4.79 Å². The number of rotatable bonds is 4. The largest absolute Gasteiger partial charge is 0.273 e. The van der Waals surface area contributed by atoms with Crippen molar-refractivity contribution in [2.45, 2.75) is 39.2 Å². The van der Waals surface area contributed by atoms with E-state index in [1.807, 2.05) is 31.2 Å². The summed E-state index contributed by atoms with van der Waals surface area (Å²) in [6, 6.07) is 6.78. The third-order valence-corrected chi connectivity index (χ3v) is 4.59. The highest BCUT2D eigenvalue weighted by molar-refractivity contribution is 5.76. The van der Waals surface area contributed by atoms with E-state index in [0.29, 0.717) is 6.42 Å². The highest BCUT2D eigenvalue weighted by Gasteiger charge is 2.69. The number of nitrogens with zero attached hydrogens (tertiary/aromatic N) is 6. The number of hydrogen-bond donors (Lipinski definition) is 0. The lowest BCUT2D eigenvalue weighted by Crippen LogP contribution is -2.56. The molecule has 0 heterocycles. The summed E-state index contributed by atoms with van der Waals surface area (Å²) in [6.45, 7) is 3.54. The SMILES string of the molecule is CCCC(=O)N([C@H]1C[C@@H](C)C(C#N)(C#N)C1(C#N)C#N)N(C)C. The van der Waals surface area contributed by atoms with Gasteiger partial charge < -0.3 is 0 Å². The second-order valence-electron chi connectivity index (χ2n) is 6.05. The average Bonchev–Trinajstić information content (AvgIpc) is 2.76. The van der Waals surface area contributed by atoms with E-state index in [1.165, 1.54) is 10.0 Å². The zero-order valence-corrected chi connectivity index (χ0v) is 13.9. The van der Waals surface area contributed by atoms with Crippen LogP contribution in [0.2, 0.25) is 0 Å². The van der Waals surface area contributed by atoms with Crippen molar-refractivity contribution in [1.82, 2.24) is 10.0 Å². The molecule has 7 heteroatoms. The lowest BCUT2D eigenvalue weighted by molar-refractivity contribution is -0.153. The number of amides is 1. The van der Waals surface area contributed by atoms with Crippen LogP contribution in [0.15, 0.2) is 0 Å². The lowest BCUT2D eigenvalue weighted by atomic mass is 9.64. The van der Waals surface area contributed by atoms with E-state index in [1.54, 1.807) is 21.0 Å². The van der Waals surface area contributed by atoms with Crippen LogP contribution in [0.4, 0.5) is 0 Å². The van der Waals surface area contributed by atoms with Gasteiger partial charge in [-0.15, -0.1) is 0 Å². The van der Waals surface area contributed by atoms with E-state index in [0.717, 1.165) is 0 Å². The molecule has 0 aromatic carbocycles. The van der Waals surface area contributed by atoms with Crippen LogP contribution in [0, 0.1) is 62.1 Å². The molecule has 0 spiro atoms. The maximum absolute atomic E-state index is 12.5.